The molecule has 1 aliphatic heterocycles. The summed E-state index contributed by atoms with van der Waals surface area (Å²) in [6.07, 6.45) is 1.96. The van der Waals surface area contributed by atoms with Crippen LogP contribution in [-0.2, 0) is 6.18 Å². The van der Waals surface area contributed by atoms with Crippen LogP contribution >= 0.6 is 0 Å². The van der Waals surface area contributed by atoms with Crippen molar-refractivity contribution < 1.29 is 27.1 Å². The predicted molar refractivity (Wildman–Crippen MR) is 126 cm³/mol. The van der Waals surface area contributed by atoms with Gasteiger partial charge in [-0.05, 0) is 61.4 Å². The quantitative estimate of drug-likeness (QED) is 0.282. The van der Waals surface area contributed by atoms with Crippen molar-refractivity contribution in [2.75, 3.05) is 13.1 Å². The molecule has 2 aliphatic carbocycles. The van der Waals surface area contributed by atoms with Crippen LogP contribution in [0.3, 0.4) is 0 Å². The van der Waals surface area contributed by atoms with Crippen LogP contribution < -0.4 is 5.32 Å². The van der Waals surface area contributed by atoms with Crippen LogP contribution in [0.5, 0.6) is 5.75 Å². The van der Waals surface area contributed by atoms with Gasteiger partial charge in [0.2, 0.25) is 0 Å². The third kappa shape index (κ3) is 3.20. The van der Waals surface area contributed by atoms with Gasteiger partial charge in [-0.25, -0.2) is 13.8 Å². The number of nitrogens with zero attached hydrogens (tertiary/aromatic N) is 3. The average Bonchev–Trinajstić information content (AvgIpc) is 3.72. The number of pyridine rings is 1. The maximum absolute atomic E-state index is 16.4. The Kier molecular flexibility index (Phi) is 4.51. The fourth-order valence-corrected chi connectivity index (χ4v) is 6.00. The molecule has 37 heavy (non-hydrogen) atoms. The predicted octanol–water partition coefficient (Wildman–Crippen LogP) is 5.50. The maximum Gasteiger partial charge on any atom is 0.434 e. The summed E-state index contributed by atoms with van der Waals surface area (Å²) in [6.45, 7) is 1.36. The van der Waals surface area contributed by atoms with Crippen LogP contribution in [0, 0.1) is 35.8 Å². The normalized spacial score (nSPS) is 23.0. The number of rotatable bonds is 3. The second-order valence-corrected chi connectivity index (χ2v) is 10.1. The molecule has 0 spiro atoms. The van der Waals surface area contributed by atoms with Crippen molar-refractivity contribution in [1.29, 1.82) is 0 Å². The summed E-state index contributed by atoms with van der Waals surface area (Å²) in [5, 5.41) is 18.0. The Morgan fingerprint density at radius 1 is 1.08 bits per heavy atom. The summed E-state index contributed by atoms with van der Waals surface area (Å²) >= 11 is 0. The van der Waals surface area contributed by atoms with Crippen molar-refractivity contribution in [2.45, 2.75) is 31.0 Å². The summed E-state index contributed by atoms with van der Waals surface area (Å²) in [5.74, 6) is 0.187. The summed E-state index contributed by atoms with van der Waals surface area (Å²) in [7, 11) is 0. The standard InChI is InChI=1S/C27H19F5N4O/c1-2-14-18(28)6-3-11-7-13(37)8-15(19(11)14)23-22(29)25-21(26(34-23)27(30,31)32)24(35-36(25)12-4-5-12)20-16-9-33-10-17(16)20/h1,3,6-8,12,16-17,20,33,37H,4-5,9-10H2. The topological polar surface area (TPSA) is 63.0 Å². The molecule has 10 heteroatoms. The lowest BCUT2D eigenvalue weighted by atomic mass is 9.95. The Balaban J connectivity index is 1.59. The van der Waals surface area contributed by atoms with E-state index in [9.17, 15) is 22.7 Å². The van der Waals surface area contributed by atoms with E-state index in [2.05, 4.69) is 21.3 Å². The fraction of sp³-hybridized carbons (Fsp3) is 0.333. The number of alkyl halides is 3. The number of nitrogens with one attached hydrogen (secondary N) is 1. The van der Waals surface area contributed by atoms with Crippen molar-refractivity contribution in [3.05, 3.63) is 52.9 Å². The largest absolute Gasteiger partial charge is 0.508 e. The fourth-order valence-electron chi connectivity index (χ4n) is 6.00. The Morgan fingerprint density at radius 2 is 1.81 bits per heavy atom. The summed E-state index contributed by atoms with van der Waals surface area (Å²) in [5.41, 5.74) is -2.40. The number of phenols is 1. The van der Waals surface area contributed by atoms with Gasteiger partial charge < -0.3 is 10.4 Å². The van der Waals surface area contributed by atoms with Gasteiger partial charge in [-0.1, -0.05) is 12.0 Å². The van der Waals surface area contributed by atoms with E-state index in [1.165, 1.54) is 16.8 Å². The van der Waals surface area contributed by atoms with Gasteiger partial charge in [-0.3, -0.25) is 4.68 Å². The molecule has 2 atom stereocenters. The zero-order valence-corrected chi connectivity index (χ0v) is 19.2. The highest BCUT2D eigenvalue weighted by molar-refractivity contribution is 6.03. The summed E-state index contributed by atoms with van der Waals surface area (Å²) < 4.78 is 76.1. The smallest absolute Gasteiger partial charge is 0.434 e. The minimum atomic E-state index is -4.91. The molecular weight excluding hydrogens is 491 g/mol. The van der Waals surface area contributed by atoms with Gasteiger partial charge in [0.15, 0.2) is 11.5 Å². The van der Waals surface area contributed by atoms with E-state index in [0.29, 0.717) is 25.9 Å². The Bertz CT molecular complexity index is 1670. The van der Waals surface area contributed by atoms with Gasteiger partial charge in [0.1, 0.15) is 22.8 Å². The number of piperidine rings is 1. The molecule has 7 rings (SSSR count). The molecule has 1 saturated heterocycles. The molecule has 2 unspecified atom stereocenters. The number of halogens is 5. The number of terminal acetylenes is 1. The number of hydrogen-bond acceptors (Lipinski definition) is 4. The van der Waals surface area contributed by atoms with Crippen LogP contribution in [0.1, 0.15) is 41.8 Å². The molecule has 3 fully saturated rings. The van der Waals surface area contributed by atoms with Crippen LogP contribution in [0.2, 0.25) is 0 Å². The van der Waals surface area contributed by atoms with Gasteiger partial charge in [0, 0.05) is 16.9 Å². The molecule has 0 bridgehead atoms. The highest BCUT2D eigenvalue weighted by Gasteiger charge is 2.56. The maximum atomic E-state index is 16.4. The zero-order chi connectivity index (χ0) is 25.8. The SMILES string of the molecule is C#Cc1c(F)ccc2cc(O)cc(-c3nc(C(F)(F)F)c4c(C5C6CNCC65)nn(C5CC5)c4c3F)c12. The highest BCUT2D eigenvalue weighted by Crippen LogP contribution is 2.58. The monoisotopic (exact) mass is 510 g/mol. The molecular formula is C27H19F5N4O. The molecule has 4 aromatic rings. The second kappa shape index (κ2) is 7.42. The first-order valence-corrected chi connectivity index (χ1v) is 12.0. The third-order valence-electron chi connectivity index (χ3n) is 7.83. The van der Waals surface area contributed by atoms with Crippen molar-refractivity contribution >= 4 is 21.7 Å². The Morgan fingerprint density at radius 3 is 2.46 bits per heavy atom. The lowest BCUT2D eigenvalue weighted by Crippen LogP contribution is -2.15. The summed E-state index contributed by atoms with van der Waals surface area (Å²) in [6, 6.07) is 4.55. The van der Waals surface area contributed by atoms with E-state index in [0.717, 1.165) is 12.1 Å². The van der Waals surface area contributed by atoms with Gasteiger partial charge in [-0.15, -0.1) is 6.42 Å². The van der Waals surface area contributed by atoms with Gasteiger partial charge in [0.05, 0.1) is 22.7 Å². The number of fused-ring (bicyclic) bond motifs is 3. The molecule has 5 nitrogen and oxygen atoms in total. The van der Waals surface area contributed by atoms with Gasteiger partial charge in [-0.2, -0.15) is 18.3 Å². The number of benzene rings is 2. The molecule has 2 N–H and O–H groups in total. The molecule has 3 aliphatic rings. The van der Waals surface area contributed by atoms with Crippen molar-refractivity contribution in [1.82, 2.24) is 20.1 Å². The minimum absolute atomic E-state index is 0.000292. The van der Waals surface area contributed by atoms with E-state index in [1.54, 1.807) is 0 Å². The first kappa shape index (κ1) is 22.5. The lowest BCUT2D eigenvalue weighted by molar-refractivity contribution is -0.139. The number of phenolic OH excluding ortho intramolecular Hbond substituents is 1. The third-order valence-corrected chi connectivity index (χ3v) is 7.83. The van der Waals surface area contributed by atoms with Crippen LogP contribution in [0.15, 0.2) is 24.3 Å². The molecule has 2 aromatic carbocycles. The molecule has 188 valence electrons. The van der Waals surface area contributed by atoms with Crippen molar-refractivity contribution in [2.24, 2.45) is 11.8 Å². The second-order valence-electron chi connectivity index (χ2n) is 10.1. The van der Waals surface area contributed by atoms with E-state index >= 15 is 4.39 Å². The number of aromatic hydroxyl groups is 1. The van der Waals surface area contributed by atoms with Crippen molar-refractivity contribution in [3.63, 3.8) is 0 Å². The lowest BCUT2D eigenvalue weighted by Gasteiger charge is -2.16. The first-order chi connectivity index (χ1) is 17.7. The van der Waals surface area contributed by atoms with E-state index < -0.39 is 29.2 Å². The Labute approximate surface area is 207 Å². The van der Waals surface area contributed by atoms with Crippen LogP contribution in [0.4, 0.5) is 22.0 Å². The minimum Gasteiger partial charge on any atom is -0.508 e. The van der Waals surface area contributed by atoms with Crippen LogP contribution in [0.25, 0.3) is 32.9 Å². The number of hydrogen-bond donors (Lipinski definition) is 2. The van der Waals surface area contributed by atoms with E-state index in [-0.39, 0.29) is 68.0 Å². The van der Waals surface area contributed by atoms with E-state index in [1.807, 2.05) is 0 Å². The molecule has 3 heterocycles. The van der Waals surface area contributed by atoms with Gasteiger partial charge in [0.25, 0.3) is 0 Å². The average molecular weight is 510 g/mol. The van der Waals surface area contributed by atoms with Crippen molar-refractivity contribution in [3.8, 4) is 29.4 Å². The number of aromatic nitrogens is 3. The molecule has 0 radical (unpaired) electrons. The molecule has 2 saturated carbocycles. The Hall–Kier alpha value is -3.71. The van der Waals surface area contributed by atoms with Gasteiger partial charge >= 0.3 is 6.18 Å². The molecule has 2 aromatic heterocycles. The summed E-state index contributed by atoms with van der Waals surface area (Å²) in [4.78, 5) is 3.82. The highest BCUT2D eigenvalue weighted by atomic mass is 19.4. The molecule has 0 amide bonds. The van der Waals surface area contributed by atoms with Crippen LogP contribution in [-0.4, -0.2) is 33.0 Å². The zero-order valence-electron chi connectivity index (χ0n) is 19.2. The van der Waals surface area contributed by atoms with E-state index in [4.69, 9.17) is 6.42 Å². The first-order valence-electron chi connectivity index (χ1n) is 12.0.